The summed E-state index contributed by atoms with van der Waals surface area (Å²) in [7, 11) is 0. The van der Waals surface area contributed by atoms with Gasteiger partial charge in [-0.1, -0.05) is 0 Å². The molecule has 2 saturated heterocycles. The molecular weight excluding hydrogens is 166 g/mol. The molecule has 2 aliphatic heterocycles. The fourth-order valence-electron chi connectivity index (χ4n) is 2.01. The molecule has 0 aromatic heterocycles. The van der Waals surface area contributed by atoms with Crippen LogP contribution < -0.4 is 10.6 Å². The van der Waals surface area contributed by atoms with Crippen LogP contribution in [-0.2, 0) is 4.79 Å². The zero-order valence-corrected chi connectivity index (χ0v) is 7.88. The van der Waals surface area contributed by atoms with E-state index in [1.165, 1.54) is 0 Å². The number of piperidine rings is 1. The van der Waals surface area contributed by atoms with Crippen LogP contribution in [0.2, 0.25) is 0 Å². The highest BCUT2D eigenvalue weighted by Gasteiger charge is 2.26. The van der Waals surface area contributed by atoms with Gasteiger partial charge in [0.2, 0.25) is 5.91 Å². The van der Waals surface area contributed by atoms with Gasteiger partial charge in [-0.25, -0.2) is 0 Å². The van der Waals surface area contributed by atoms with E-state index in [2.05, 4.69) is 10.6 Å². The molecule has 1 amide bonds. The van der Waals surface area contributed by atoms with E-state index < -0.39 is 0 Å². The largest absolute Gasteiger partial charge is 0.326 e. The Labute approximate surface area is 78.7 Å². The molecule has 0 aromatic carbocycles. The highest BCUT2D eigenvalue weighted by molar-refractivity contribution is 5.77. The lowest BCUT2D eigenvalue weighted by Gasteiger charge is -2.37. The molecule has 0 aromatic rings. The summed E-state index contributed by atoms with van der Waals surface area (Å²) in [6, 6.07) is 0. The van der Waals surface area contributed by atoms with E-state index in [0.29, 0.717) is 5.91 Å². The fraction of sp³-hybridized carbons (Fsp3) is 0.889. The normalized spacial score (nSPS) is 30.6. The van der Waals surface area contributed by atoms with E-state index in [0.717, 1.165) is 45.4 Å². The molecule has 0 aliphatic carbocycles. The number of piperazine rings is 1. The Morgan fingerprint density at radius 1 is 1.31 bits per heavy atom. The van der Waals surface area contributed by atoms with E-state index in [1.54, 1.807) is 0 Å². The van der Waals surface area contributed by atoms with Crippen molar-refractivity contribution in [1.29, 1.82) is 0 Å². The average Bonchev–Trinajstić information content (AvgIpc) is 2.20. The first-order valence-electron chi connectivity index (χ1n) is 5.11. The Hall–Kier alpha value is -0.610. The van der Waals surface area contributed by atoms with Gasteiger partial charge in [0, 0.05) is 32.6 Å². The van der Waals surface area contributed by atoms with Gasteiger partial charge in [0.05, 0.1) is 6.17 Å². The van der Waals surface area contributed by atoms with Gasteiger partial charge < -0.3 is 10.2 Å². The highest BCUT2D eigenvalue weighted by Crippen LogP contribution is 2.12. The minimum atomic E-state index is 0.238. The molecule has 2 N–H and O–H groups in total. The smallest absolute Gasteiger partial charge is 0.223 e. The molecule has 4 nitrogen and oxygen atoms in total. The zero-order valence-electron chi connectivity index (χ0n) is 7.88. The lowest BCUT2D eigenvalue weighted by Crippen LogP contribution is -2.59. The van der Waals surface area contributed by atoms with Crippen LogP contribution >= 0.6 is 0 Å². The number of hydrogen-bond donors (Lipinski definition) is 2. The lowest BCUT2D eigenvalue weighted by atomic mass is 10.1. The summed E-state index contributed by atoms with van der Waals surface area (Å²) < 4.78 is 0. The van der Waals surface area contributed by atoms with Crippen molar-refractivity contribution < 1.29 is 4.79 Å². The third kappa shape index (κ3) is 2.00. The van der Waals surface area contributed by atoms with Gasteiger partial charge in [-0.15, -0.1) is 0 Å². The van der Waals surface area contributed by atoms with Crippen LogP contribution in [0.25, 0.3) is 0 Å². The summed E-state index contributed by atoms with van der Waals surface area (Å²) in [5, 5.41) is 6.66. The Morgan fingerprint density at radius 2 is 2.23 bits per heavy atom. The van der Waals surface area contributed by atoms with Crippen LogP contribution in [0.3, 0.4) is 0 Å². The van der Waals surface area contributed by atoms with E-state index in [4.69, 9.17) is 0 Å². The summed E-state index contributed by atoms with van der Waals surface area (Å²) in [5.41, 5.74) is 0. The van der Waals surface area contributed by atoms with Crippen molar-refractivity contribution in [1.82, 2.24) is 15.5 Å². The molecule has 1 atom stereocenters. The van der Waals surface area contributed by atoms with Crippen LogP contribution in [0, 0.1) is 0 Å². The van der Waals surface area contributed by atoms with Gasteiger partial charge in [0.15, 0.2) is 0 Å². The molecule has 0 spiro atoms. The van der Waals surface area contributed by atoms with Crippen molar-refractivity contribution in [3.63, 3.8) is 0 Å². The predicted octanol–water partition coefficient (Wildman–Crippen LogP) is -0.482. The topological polar surface area (TPSA) is 44.4 Å². The third-order valence-corrected chi connectivity index (χ3v) is 2.76. The molecule has 2 heterocycles. The maximum absolute atomic E-state index is 11.6. The molecule has 0 radical (unpaired) electrons. The van der Waals surface area contributed by atoms with Crippen molar-refractivity contribution in [2.45, 2.75) is 25.4 Å². The van der Waals surface area contributed by atoms with E-state index in [9.17, 15) is 4.79 Å². The molecule has 2 rings (SSSR count). The molecule has 2 fully saturated rings. The molecule has 1 unspecified atom stereocenters. The van der Waals surface area contributed by atoms with Gasteiger partial charge >= 0.3 is 0 Å². The first-order valence-corrected chi connectivity index (χ1v) is 5.11. The fourth-order valence-corrected chi connectivity index (χ4v) is 2.01. The maximum atomic E-state index is 11.6. The second-order valence-electron chi connectivity index (χ2n) is 3.72. The van der Waals surface area contributed by atoms with Crippen molar-refractivity contribution in [2.75, 3.05) is 26.2 Å². The van der Waals surface area contributed by atoms with Crippen molar-refractivity contribution in [2.24, 2.45) is 0 Å². The van der Waals surface area contributed by atoms with Crippen molar-refractivity contribution in [3.05, 3.63) is 0 Å². The summed E-state index contributed by atoms with van der Waals surface area (Å²) >= 11 is 0. The third-order valence-electron chi connectivity index (χ3n) is 2.76. The Bertz CT molecular complexity index is 189. The van der Waals surface area contributed by atoms with E-state index in [1.807, 2.05) is 4.90 Å². The first-order chi connectivity index (χ1) is 6.38. The SMILES string of the molecule is O=C1CCCCN1C1CNCCN1. The van der Waals surface area contributed by atoms with Gasteiger partial charge in [0.25, 0.3) is 0 Å². The number of likely N-dealkylation sites (tertiary alicyclic amines) is 1. The summed E-state index contributed by atoms with van der Waals surface area (Å²) in [5.74, 6) is 0.312. The predicted molar refractivity (Wildman–Crippen MR) is 50.2 cm³/mol. The molecule has 74 valence electrons. The average molecular weight is 183 g/mol. The second kappa shape index (κ2) is 4.07. The summed E-state index contributed by atoms with van der Waals surface area (Å²) in [6.45, 7) is 3.80. The highest BCUT2D eigenvalue weighted by atomic mass is 16.2. The van der Waals surface area contributed by atoms with Gasteiger partial charge in [-0.2, -0.15) is 0 Å². The standard InChI is InChI=1S/C9H17N3O/c13-9-3-1-2-6-12(9)8-7-10-4-5-11-8/h8,10-11H,1-7H2. The van der Waals surface area contributed by atoms with Crippen LogP contribution in [0.15, 0.2) is 0 Å². The molecule has 2 aliphatic rings. The Morgan fingerprint density at radius 3 is 2.92 bits per heavy atom. The van der Waals surface area contributed by atoms with Crippen LogP contribution in [0.4, 0.5) is 0 Å². The van der Waals surface area contributed by atoms with Crippen molar-refractivity contribution >= 4 is 5.91 Å². The zero-order chi connectivity index (χ0) is 9.10. The van der Waals surface area contributed by atoms with E-state index >= 15 is 0 Å². The number of amides is 1. The quantitative estimate of drug-likeness (QED) is 0.577. The molecule has 0 saturated carbocycles. The maximum Gasteiger partial charge on any atom is 0.223 e. The lowest BCUT2D eigenvalue weighted by molar-refractivity contribution is -0.136. The summed E-state index contributed by atoms with van der Waals surface area (Å²) in [6.07, 6.45) is 3.19. The van der Waals surface area contributed by atoms with Crippen molar-refractivity contribution in [3.8, 4) is 0 Å². The van der Waals surface area contributed by atoms with Gasteiger partial charge in [-0.05, 0) is 12.8 Å². The minimum Gasteiger partial charge on any atom is -0.326 e. The number of nitrogens with one attached hydrogen (secondary N) is 2. The minimum absolute atomic E-state index is 0.238. The molecular formula is C9H17N3O. The Balaban J connectivity index is 1.92. The Kier molecular flexibility index (Phi) is 2.80. The number of carbonyl (C=O) groups is 1. The second-order valence-corrected chi connectivity index (χ2v) is 3.72. The van der Waals surface area contributed by atoms with Crippen LogP contribution in [-0.4, -0.2) is 43.2 Å². The summed E-state index contributed by atoms with van der Waals surface area (Å²) in [4.78, 5) is 13.5. The molecule has 0 bridgehead atoms. The van der Waals surface area contributed by atoms with Crippen LogP contribution in [0.1, 0.15) is 19.3 Å². The van der Waals surface area contributed by atoms with Crippen LogP contribution in [0.5, 0.6) is 0 Å². The first kappa shape index (κ1) is 8.97. The number of nitrogens with zero attached hydrogens (tertiary/aromatic N) is 1. The van der Waals surface area contributed by atoms with Gasteiger partial charge in [0.1, 0.15) is 0 Å². The number of rotatable bonds is 1. The molecule has 4 heteroatoms. The number of hydrogen-bond acceptors (Lipinski definition) is 3. The molecule has 13 heavy (non-hydrogen) atoms. The monoisotopic (exact) mass is 183 g/mol. The number of carbonyl (C=O) groups excluding carboxylic acids is 1. The van der Waals surface area contributed by atoms with Gasteiger partial charge in [-0.3, -0.25) is 10.1 Å². The van der Waals surface area contributed by atoms with E-state index in [-0.39, 0.29) is 6.17 Å².